The Bertz CT molecular complexity index is 1230. The molecule has 1 heterocycles. The maximum atomic E-state index is 13.4. The lowest BCUT2D eigenvalue weighted by atomic mass is 10.00. The van der Waals surface area contributed by atoms with Crippen LogP contribution in [0.1, 0.15) is 42.9 Å². The SMILES string of the molecule is Cc1cc(C(=O)NC(C(=O)c2nc3ccccc3s2)c2ccc(CN)cc2)ccc1N. The van der Waals surface area contributed by atoms with Crippen molar-refractivity contribution >= 4 is 38.9 Å². The first-order valence-electron chi connectivity index (χ1n) is 9.82. The van der Waals surface area contributed by atoms with Crippen LogP contribution in [0.15, 0.2) is 66.7 Å². The first kappa shape index (κ1) is 20.7. The molecule has 0 fully saturated rings. The van der Waals surface area contributed by atoms with E-state index >= 15 is 0 Å². The third-order valence-electron chi connectivity index (χ3n) is 5.12. The summed E-state index contributed by atoms with van der Waals surface area (Å²) in [5.74, 6) is -0.618. The monoisotopic (exact) mass is 430 g/mol. The lowest BCUT2D eigenvalue weighted by molar-refractivity contribution is 0.0857. The van der Waals surface area contributed by atoms with Crippen molar-refractivity contribution in [1.82, 2.24) is 10.3 Å². The standard InChI is InChI=1S/C24H22N4O2S/c1-14-12-17(10-11-18(14)26)23(30)28-21(16-8-6-15(13-25)7-9-16)22(29)24-27-19-4-2-3-5-20(19)31-24/h2-12,21H,13,25-26H2,1H3,(H,28,30). The molecule has 0 spiro atoms. The average Bonchev–Trinajstić information content (AvgIpc) is 3.23. The summed E-state index contributed by atoms with van der Waals surface area (Å²) < 4.78 is 0.920. The van der Waals surface area contributed by atoms with Crippen LogP contribution >= 0.6 is 11.3 Å². The topological polar surface area (TPSA) is 111 Å². The van der Waals surface area contributed by atoms with Gasteiger partial charge in [-0.1, -0.05) is 36.4 Å². The van der Waals surface area contributed by atoms with Crippen molar-refractivity contribution in [3.8, 4) is 0 Å². The van der Waals surface area contributed by atoms with E-state index in [0.717, 1.165) is 21.3 Å². The van der Waals surface area contributed by atoms with Gasteiger partial charge >= 0.3 is 0 Å². The molecule has 0 aliphatic carbocycles. The fourth-order valence-electron chi connectivity index (χ4n) is 3.28. The second kappa shape index (κ2) is 8.67. The number of para-hydroxylation sites is 1. The second-order valence-electron chi connectivity index (χ2n) is 7.27. The van der Waals surface area contributed by atoms with E-state index in [1.807, 2.05) is 55.5 Å². The molecular weight excluding hydrogens is 408 g/mol. The lowest BCUT2D eigenvalue weighted by Crippen LogP contribution is -2.34. The smallest absolute Gasteiger partial charge is 0.252 e. The Morgan fingerprint density at radius 2 is 1.81 bits per heavy atom. The van der Waals surface area contributed by atoms with Gasteiger partial charge in [-0.05, 0) is 53.9 Å². The predicted molar refractivity (Wildman–Crippen MR) is 124 cm³/mol. The molecule has 0 aliphatic heterocycles. The zero-order valence-electron chi connectivity index (χ0n) is 17.0. The third-order valence-corrected chi connectivity index (χ3v) is 6.17. The molecule has 0 bridgehead atoms. The van der Waals surface area contributed by atoms with Gasteiger partial charge in [-0.3, -0.25) is 9.59 Å². The van der Waals surface area contributed by atoms with Crippen molar-refractivity contribution in [2.24, 2.45) is 5.73 Å². The van der Waals surface area contributed by atoms with Crippen LogP contribution < -0.4 is 16.8 Å². The van der Waals surface area contributed by atoms with Crippen molar-refractivity contribution in [3.63, 3.8) is 0 Å². The van der Waals surface area contributed by atoms with Crippen LogP contribution in [-0.2, 0) is 6.54 Å². The van der Waals surface area contributed by atoms with Crippen LogP contribution in [0.25, 0.3) is 10.2 Å². The van der Waals surface area contributed by atoms with Crippen molar-refractivity contribution in [1.29, 1.82) is 0 Å². The largest absolute Gasteiger partial charge is 0.399 e. The van der Waals surface area contributed by atoms with Gasteiger partial charge in [0, 0.05) is 17.8 Å². The molecule has 1 unspecified atom stereocenters. The van der Waals surface area contributed by atoms with Gasteiger partial charge in [-0.15, -0.1) is 11.3 Å². The molecule has 6 nitrogen and oxygen atoms in total. The Kier molecular flexibility index (Phi) is 5.79. The van der Waals surface area contributed by atoms with Gasteiger partial charge in [-0.25, -0.2) is 4.98 Å². The number of nitrogens with two attached hydrogens (primary N) is 2. The number of amides is 1. The zero-order chi connectivity index (χ0) is 22.0. The normalized spacial score (nSPS) is 11.9. The molecule has 7 heteroatoms. The molecule has 4 rings (SSSR count). The molecule has 0 saturated carbocycles. The number of hydrogen-bond donors (Lipinski definition) is 3. The van der Waals surface area contributed by atoms with Crippen molar-refractivity contribution < 1.29 is 9.59 Å². The fourth-order valence-corrected chi connectivity index (χ4v) is 4.21. The van der Waals surface area contributed by atoms with Gasteiger partial charge < -0.3 is 16.8 Å². The minimum atomic E-state index is -0.877. The highest BCUT2D eigenvalue weighted by molar-refractivity contribution is 7.20. The van der Waals surface area contributed by atoms with Crippen LogP contribution in [0.3, 0.4) is 0 Å². The van der Waals surface area contributed by atoms with Gasteiger partial charge in [0.2, 0.25) is 5.78 Å². The Balaban J connectivity index is 1.70. The molecule has 0 radical (unpaired) electrons. The fraction of sp³-hybridized carbons (Fsp3) is 0.125. The molecule has 0 saturated heterocycles. The van der Waals surface area contributed by atoms with Crippen LogP contribution in [0.5, 0.6) is 0 Å². The van der Waals surface area contributed by atoms with E-state index in [1.54, 1.807) is 18.2 Å². The molecule has 31 heavy (non-hydrogen) atoms. The summed E-state index contributed by atoms with van der Waals surface area (Å²) in [5, 5.41) is 3.23. The van der Waals surface area contributed by atoms with Gasteiger partial charge in [0.1, 0.15) is 6.04 Å². The van der Waals surface area contributed by atoms with E-state index in [0.29, 0.717) is 28.4 Å². The number of carbonyl (C=O) groups is 2. The van der Waals surface area contributed by atoms with Crippen molar-refractivity contribution in [2.75, 3.05) is 5.73 Å². The molecule has 1 amide bonds. The minimum absolute atomic E-state index is 0.262. The van der Waals surface area contributed by atoms with E-state index in [4.69, 9.17) is 11.5 Å². The highest BCUT2D eigenvalue weighted by atomic mass is 32.1. The first-order valence-corrected chi connectivity index (χ1v) is 10.6. The summed E-state index contributed by atoms with van der Waals surface area (Å²) >= 11 is 1.31. The van der Waals surface area contributed by atoms with E-state index in [-0.39, 0.29) is 11.7 Å². The number of hydrogen-bond acceptors (Lipinski definition) is 6. The molecule has 0 aliphatic rings. The second-order valence-corrected chi connectivity index (χ2v) is 8.31. The number of aryl methyl sites for hydroxylation is 1. The quantitative estimate of drug-likeness (QED) is 0.316. The lowest BCUT2D eigenvalue weighted by Gasteiger charge is -2.18. The highest BCUT2D eigenvalue weighted by Crippen LogP contribution is 2.27. The Morgan fingerprint density at radius 3 is 2.48 bits per heavy atom. The van der Waals surface area contributed by atoms with Crippen LogP contribution in [0.2, 0.25) is 0 Å². The summed E-state index contributed by atoms with van der Waals surface area (Å²) in [4.78, 5) is 30.9. The summed E-state index contributed by atoms with van der Waals surface area (Å²) in [6, 6.07) is 19.1. The summed E-state index contributed by atoms with van der Waals surface area (Å²) in [6.45, 7) is 2.23. The molecule has 1 aromatic heterocycles. The number of aromatic nitrogens is 1. The molecule has 156 valence electrons. The van der Waals surface area contributed by atoms with Gasteiger partial charge in [0.25, 0.3) is 5.91 Å². The van der Waals surface area contributed by atoms with Gasteiger partial charge in [0.15, 0.2) is 5.01 Å². The number of fused-ring (bicyclic) bond motifs is 1. The van der Waals surface area contributed by atoms with Crippen molar-refractivity contribution in [2.45, 2.75) is 19.5 Å². The number of nitrogen functional groups attached to an aromatic ring is 1. The summed E-state index contributed by atoms with van der Waals surface area (Å²) in [6.07, 6.45) is 0. The molecule has 3 aromatic carbocycles. The number of carbonyl (C=O) groups excluding carboxylic acids is 2. The molecule has 4 aromatic rings. The van der Waals surface area contributed by atoms with Crippen LogP contribution in [0, 0.1) is 6.92 Å². The van der Waals surface area contributed by atoms with E-state index < -0.39 is 6.04 Å². The number of Topliss-reactive ketones (excluding diaryl/α,β-unsaturated/α-hetero) is 1. The summed E-state index contributed by atoms with van der Waals surface area (Å²) in [7, 11) is 0. The van der Waals surface area contributed by atoms with Crippen LogP contribution in [0.4, 0.5) is 5.69 Å². The molecule has 1 atom stereocenters. The number of benzene rings is 3. The summed E-state index contributed by atoms with van der Waals surface area (Å²) in [5.41, 5.74) is 15.8. The first-order chi connectivity index (χ1) is 15.0. The maximum Gasteiger partial charge on any atom is 0.252 e. The predicted octanol–water partition coefficient (Wildman–Crippen LogP) is 4.00. The van der Waals surface area contributed by atoms with E-state index in [2.05, 4.69) is 10.3 Å². The Morgan fingerprint density at radius 1 is 1.06 bits per heavy atom. The maximum absolute atomic E-state index is 13.4. The Labute approximate surface area is 183 Å². The van der Waals surface area contributed by atoms with E-state index in [1.165, 1.54) is 11.3 Å². The third kappa shape index (κ3) is 4.33. The zero-order valence-corrected chi connectivity index (χ0v) is 17.8. The number of rotatable bonds is 6. The van der Waals surface area contributed by atoms with Gasteiger partial charge in [-0.2, -0.15) is 0 Å². The van der Waals surface area contributed by atoms with Crippen molar-refractivity contribution in [3.05, 3.63) is 94.0 Å². The number of nitrogens with zero attached hydrogens (tertiary/aromatic N) is 1. The number of ketones is 1. The molecular formula is C24H22N4O2S. The Hall–Kier alpha value is -3.55. The minimum Gasteiger partial charge on any atom is -0.399 e. The highest BCUT2D eigenvalue weighted by Gasteiger charge is 2.27. The number of nitrogens with one attached hydrogen (secondary N) is 1. The van der Waals surface area contributed by atoms with Gasteiger partial charge in [0.05, 0.1) is 10.2 Å². The average molecular weight is 431 g/mol. The molecule has 5 N–H and O–H groups in total. The van der Waals surface area contributed by atoms with E-state index in [9.17, 15) is 9.59 Å². The number of thiazole rings is 1. The number of anilines is 1. The van der Waals surface area contributed by atoms with Crippen LogP contribution in [-0.4, -0.2) is 16.7 Å².